The summed E-state index contributed by atoms with van der Waals surface area (Å²) in [5.74, 6) is -3.63. The second-order valence-corrected chi connectivity index (χ2v) is 24.9. The highest BCUT2D eigenvalue weighted by atomic mass is 16.6. The number of likely N-dealkylation sites (tertiary alicyclic amines) is 1. The summed E-state index contributed by atoms with van der Waals surface area (Å²) in [5.41, 5.74) is 1.20. The summed E-state index contributed by atoms with van der Waals surface area (Å²) in [7, 11) is 6.32. The van der Waals surface area contributed by atoms with Crippen LogP contribution < -0.4 is 16.0 Å². The van der Waals surface area contributed by atoms with Gasteiger partial charge in [-0.05, 0) is 49.2 Å². The van der Waals surface area contributed by atoms with Crippen molar-refractivity contribution in [3.63, 3.8) is 0 Å². The van der Waals surface area contributed by atoms with E-state index in [1.807, 2.05) is 65.8 Å². The molecule has 556 valence electrons. The predicted octanol–water partition coefficient (Wildman–Crippen LogP) is 4.88. The standard InChI is InChI=1S/C72H118N6O20/c1-13-54(6)67(61(87-11)51-64(82)78-30-20-25-59(78)69(88-12)55(7)70(84)74-56(8)68(83)58-23-18-15-19-24-58)77(10)72(86)65(52(2)3)75-71(85)66(53(4)5)76(9)63(81)28-31-89-33-35-91-37-39-93-41-43-95-45-47-97-49-50-98-48-46-96-44-42-94-40-38-92-36-34-90-32-29-73-62(80)27-26-60(79)57-21-16-14-17-22-57/h14-19,21-24,26-27,52-56,59,61,65-69,83H,13,20,25,28-51H2,1-12H3,(H,73,80)(H,74,84)(H,75,85)/b27-26+/t54-,55+,56+,59-,61?,65-,66-,67-,68+,69+/m0/s1. The van der Waals surface area contributed by atoms with Gasteiger partial charge in [0.25, 0.3) is 0 Å². The highest BCUT2D eigenvalue weighted by Crippen LogP contribution is 2.30. The van der Waals surface area contributed by atoms with E-state index in [4.69, 9.17) is 56.8 Å². The lowest BCUT2D eigenvalue weighted by molar-refractivity contribution is -0.148. The Balaban J connectivity index is 1.22. The van der Waals surface area contributed by atoms with Crippen LogP contribution in [0.1, 0.15) is 110 Å². The van der Waals surface area contributed by atoms with Gasteiger partial charge in [-0.15, -0.1) is 0 Å². The summed E-state index contributed by atoms with van der Waals surface area (Å²) in [6.45, 7) is 23.2. The van der Waals surface area contributed by atoms with Gasteiger partial charge in [-0.2, -0.15) is 0 Å². The number of nitrogens with one attached hydrogen (secondary N) is 3. The molecule has 1 aliphatic heterocycles. The number of aliphatic hydroxyl groups is 1. The van der Waals surface area contributed by atoms with Crippen LogP contribution in [0.3, 0.4) is 0 Å². The van der Waals surface area contributed by atoms with Gasteiger partial charge in [0.05, 0.1) is 187 Å². The molecule has 1 aliphatic rings. The fourth-order valence-electron chi connectivity index (χ4n) is 11.3. The van der Waals surface area contributed by atoms with E-state index in [-0.39, 0.29) is 79.1 Å². The number of amides is 6. The van der Waals surface area contributed by atoms with Crippen molar-refractivity contribution < 1.29 is 95.5 Å². The van der Waals surface area contributed by atoms with Gasteiger partial charge in [-0.3, -0.25) is 33.6 Å². The number of hydrogen-bond donors (Lipinski definition) is 4. The number of carbonyl (C=O) groups excluding carboxylic acids is 7. The van der Waals surface area contributed by atoms with Crippen LogP contribution in [0.5, 0.6) is 0 Å². The maximum absolute atomic E-state index is 14.7. The second kappa shape index (κ2) is 51.3. The van der Waals surface area contributed by atoms with Crippen LogP contribution in [-0.2, 0) is 85.6 Å². The second-order valence-electron chi connectivity index (χ2n) is 24.9. The Morgan fingerprint density at radius 3 is 1.50 bits per heavy atom. The third-order valence-corrected chi connectivity index (χ3v) is 17.0. The average molecular weight is 1390 g/mol. The maximum atomic E-state index is 14.7. The zero-order chi connectivity index (χ0) is 72.0. The van der Waals surface area contributed by atoms with Crippen molar-refractivity contribution in [1.82, 2.24) is 30.7 Å². The molecule has 10 atom stereocenters. The van der Waals surface area contributed by atoms with E-state index in [2.05, 4.69) is 16.0 Å². The van der Waals surface area contributed by atoms with Gasteiger partial charge in [0, 0.05) is 53.0 Å². The lowest BCUT2D eigenvalue weighted by atomic mass is 9.89. The third-order valence-electron chi connectivity index (χ3n) is 17.0. The number of hydrogen-bond acceptors (Lipinski definition) is 20. The number of methoxy groups -OCH3 is 2. The lowest BCUT2D eigenvalue weighted by Crippen LogP contribution is -2.60. The monoisotopic (exact) mass is 1390 g/mol. The molecule has 98 heavy (non-hydrogen) atoms. The van der Waals surface area contributed by atoms with Crippen molar-refractivity contribution in [3.8, 4) is 0 Å². The Labute approximate surface area is 582 Å². The minimum absolute atomic E-state index is 0.0267. The lowest BCUT2D eigenvalue weighted by Gasteiger charge is -2.41. The normalized spacial score (nSPS) is 16.1. The Morgan fingerprint density at radius 1 is 0.582 bits per heavy atom. The highest BCUT2D eigenvalue weighted by Gasteiger charge is 2.44. The van der Waals surface area contributed by atoms with Gasteiger partial charge in [0.2, 0.25) is 35.4 Å². The van der Waals surface area contributed by atoms with Crippen LogP contribution in [0.2, 0.25) is 0 Å². The quantitative estimate of drug-likeness (QED) is 0.0390. The van der Waals surface area contributed by atoms with Crippen LogP contribution in [0.4, 0.5) is 0 Å². The minimum Gasteiger partial charge on any atom is -0.386 e. The molecule has 0 saturated carbocycles. The largest absolute Gasteiger partial charge is 0.386 e. The average Bonchev–Trinajstić information content (AvgIpc) is 1.59. The van der Waals surface area contributed by atoms with Gasteiger partial charge in [-0.25, -0.2) is 0 Å². The van der Waals surface area contributed by atoms with Crippen LogP contribution in [0.25, 0.3) is 0 Å². The number of aliphatic hydroxyl groups excluding tert-OH is 1. The number of ketones is 1. The van der Waals surface area contributed by atoms with Crippen LogP contribution >= 0.6 is 0 Å². The molecule has 1 heterocycles. The number of carbonyl (C=O) groups is 7. The van der Waals surface area contributed by atoms with Crippen molar-refractivity contribution in [1.29, 1.82) is 0 Å². The minimum atomic E-state index is -0.964. The summed E-state index contributed by atoms with van der Waals surface area (Å²) in [5, 5.41) is 19.5. The van der Waals surface area contributed by atoms with Gasteiger partial charge in [-0.1, -0.05) is 116 Å². The number of allylic oxidation sites excluding steroid dienone is 1. The molecule has 0 bridgehead atoms. The molecule has 3 rings (SSSR count). The fraction of sp³-hybridized carbons (Fsp3) is 0.708. The Bertz CT molecular complexity index is 2550. The number of ether oxygens (including phenoxy) is 12. The van der Waals surface area contributed by atoms with Gasteiger partial charge in [0.15, 0.2) is 5.78 Å². The molecule has 0 aromatic heterocycles. The van der Waals surface area contributed by atoms with E-state index < -0.39 is 60.3 Å². The van der Waals surface area contributed by atoms with Gasteiger partial charge < -0.3 is 92.6 Å². The summed E-state index contributed by atoms with van der Waals surface area (Å²) in [4.78, 5) is 99.2. The summed E-state index contributed by atoms with van der Waals surface area (Å²) in [6, 6.07) is 14.4. The molecule has 6 amide bonds. The topological polar surface area (TPSA) is 296 Å². The number of rotatable bonds is 56. The molecule has 2 aromatic carbocycles. The molecule has 2 aromatic rings. The molecule has 0 radical (unpaired) electrons. The van der Waals surface area contributed by atoms with E-state index >= 15 is 0 Å². The van der Waals surface area contributed by atoms with Crippen molar-refractivity contribution in [2.45, 2.75) is 136 Å². The molecule has 26 nitrogen and oxygen atoms in total. The first kappa shape index (κ1) is 86.4. The van der Waals surface area contributed by atoms with Gasteiger partial charge in [0.1, 0.15) is 12.1 Å². The fourth-order valence-corrected chi connectivity index (χ4v) is 11.3. The van der Waals surface area contributed by atoms with E-state index in [9.17, 15) is 38.7 Å². The first-order valence-electron chi connectivity index (χ1n) is 34.7. The predicted molar refractivity (Wildman–Crippen MR) is 369 cm³/mol. The van der Waals surface area contributed by atoms with Crippen molar-refractivity contribution in [2.24, 2.45) is 23.7 Å². The molecule has 1 fully saturated rings. The molecule has 1 saturated heterocycles. The van der Waals surface area contributed by atoms with E-state index in [0.717, 1.165) is 0 Å². The third kappa shape index (κ3) is 33.1. The Morgan fingerprint density at radius 2 is 1.05 bits per heavy atom. The SMILES string of the molecule is CC[C@H](C)[C@@H](C(CC(=O)N1CCC[C@H]1[C@H](OC)[C@@H](C)C(=O)N[C@H](C)[C@@H](O)c1ccccc1)OC)N(C)C(=O)[C@@H](NC(=O)[C@H](C(C)C)N(C)C(=O)CCOCCOCCOCCOCCOCCOCCOCCOCCOCCOCCNC(=O)/C=C/C(=O)c1ccccc1)C(C)C. The van der Waals surface area contributed by atoms with Crippen LogP contribution in [-0.4, -0.2) is 277 Å². The molecule has 26 heteroatoms. The molecule has 4 N–H and O–H groups in total. The van der Waals surface area contributed by atoms with Crippen LogP contribution in [0, 0.1) is 23.7 Å². The zero-order valence-corrected chi connectivity index (χ0v) is 60.5. The first-order chi connectivity index (χ1) is 47.2. The first-order valence-corrected chi connectivity index (χ1v) is 34.7. The Hall–Kier alpha value is -5.85. The molecule has 1 unspecified atom stereocenters. The number of benzene rings is 2. The smallest absolute Gasteiger partial charge is 0.245 e. The molecule has 0 spiro atoms. The number of nitrogens with zero attached hydrogens (tertiary/aromatic N) is 3. The molecular formula is C72H118N6O20. The number of likely N-dealkylation sites (N-methyl/N-ethyl adjacent to an activating group) is 2. The van der Waals surface area contributed by atoms with Gasteiger partial charge >= 0.3 is 0 Å². The van der Waals surface area contributed by atoms with E-state index in [0.29, 0.717) is 162 Å². The van der Waals surface area contributed by atoms with E-state index in [1.165, 1.54) is 31.3 Å². The summed E-state index contributed by atoms with van der Waals surface area (Å²) < 4.78 is 67.5. The highest BCUT2D eigenvalue weighted by molar-refractivity contribution is 6.07. The summed E-state index contributed by atoms with van der Waals surface area (Å²) in [6.07, 6.45) is 2.16. The van der Waals surface area contributed by atoms with Crippen LogP contribution in [0.15, 0.2) is 72.8 Å². The molecular weight excluding hydrogens is 1270 g/mol. The molecule has 0 aliphatic carbocycles. The van der Waals surface area contributed by atoms with E-state index in [1.54, 1.807) is 74.1 Å². The maximum Gasteiger partial charge on any atom is 0.245 e. The Kier molecular flexibility index (Phi) is 45.2. The van der Waals surface area contributed by atoms with Crippen molar-refractivity contribution in [3.05, 3.63) is 83.9 Å². The zero-order valence-electron chi connectivity index (χ0n) is 60.5. The van der Waals surface area contributed by atoms with Crippen molar-refractivity contribution in [2.75, 3.05) is 174 Å². The summed E-state index contributed by atoms with van der Waals surface area (Å²) >= 11 is 0. The van der Waals surface area contributed by atoms with Crippen molar-refractivity contribution >= 4 is 41.2 Å².